The van der Waals surface area contributed by atoms with Gasteiger partial charge in [0.15, 0.2) is 6.10 Å². The molecule has 0 heterocycles. The Balaban J connectivity index is 4.30. The van der Waals surface area contributed by atoms with Crippen LogP contribution in [0.1, 0.15) is 245 Å². The van der Waals surface area contributed by atoms with Gasteiger partial charge < -0.3 is 28.9 Å². The first-order chi connectivity index (χ1) is 28.8. The van der Waals surface area contributed by atoms with E-state index in [2.05, 4.69) is 19.2 Å². The maximum atomic E-state index is 12.7. The molecule has 59 heavy (non-hydrogen) atoms. The van der Waals surface area contributed by atoms with Crippen molar-refractivity contribution in [3.8, 4) is 0 Å². The molecule has 11 nitrogen and oxygen atoms in total. The number of unbranched alkanes of at least 4 members (excludes halogenated alkanes) is 30. The third kappa shape index (κ3) is 45.4. The van der Waals surface area contributed by atoms with Crippen LogP contribution < -0.4 is 5.32 Å². The van der Waals surface area contributed by atoms with Crippen LogP contribution in [0.25, 0.3) is 0 Å². The first kappa shape index (κ1) is 57.0. The quantitative estimate of drug-likeness (QED) is 0.0343. The Morgan fingerprint density at radius 3 is 1.24 bits per heavy atom. The molecule has 0 saturated carbocycles. The van der Waals surface area contributed by atoms with E-state index in [4.69, 9.17) is 23.6 Å². The van der Waals surface area contributed by atoms with Crippen LogP contribution in [0.3, 0.4) is 0 Å². The molecule has 0 fully saturated rings. The average Bonchev–Trinajstić information content (AvgIpc) is 3.22. The Kier molecular flexibility index (Phi) is 44.0. The molecule has 0 rings (SSSR count). The number of ether oxygens (including phenoxy) is 2. The summed E-state index contributed by atoms with van der Waals surface area (Å²) >= 11 is 0. The lowest BCUT2D eigenvalue weighted by Gasteiger charge is -2.18. The minimum Gasteiger partial charge on any atom is -0.481 e. The van der Waals surface area contributed by atoms with Crippen LogP contribution in [0.15, 0.2) is 0 Å². The third-order valence-electron chi connectivity index (χ3n) is 10.8. The number of hydrogen-bond donors (Lipinski definition) is 2. The number of hydrogen-bond acceptors (Lipinski definition) is 9. The van der Waals surface area contributed by atoms with Crippen molar-refractivity contribution in [2.24, 2.45) is 0 Å². The van der Waals surface area contributed by atoms with Crippen LogP contribution >= 0.6 is 8.25 Å². The fourth-order valence-electron chi connectivity index (χ4n) is 7.09. The largest absolute Gasteiger partial charge is 0.481 e. The molecular weight excluding hydrogens is 769 g/mol. The molecule has 0 aliphatic carbocycles. The molecule has 0 aliphatic heterocycles. The van der Waals surface area contributed by atoms with E-state index in [1.165, 1.54) is 167 Å². The molecule has 0 aromatic heterocycles. The molecule has 348 valence electrons. The molecule has 1 amide bonds. The van der Waals surface area contributed by atoms with Crippen molar-refractivity contribution in [1.29, 1.82) is 0 Å². The van der Waals surface area contributed by atoms with E-state index in [0.29, 0.717) is 6.42 Å². The fourth-order valence-corrected chi connectivity index (χ4v) is 7.76. The van der Waals surface area contributed by atoms with Gasteiger partial charge in [-0.1, -0.05) is 206 Å². The predicted octanol–water partition coefficient (Wildman–Crippen LogP) is 13.1. The monoisotopic (exact) mass is 860 g/mol. The lowest BCUT2D eigenvalue weighted by molar-refractivity contribution is -0.161. The highest BCUT2D eigenvalue weighted by Crippen LogP contribution is 2.24. The van der Waals surface area contributed by atoms with Gasteiger partial charge in [0.25, 0.3) is 0 Å². The zero-order valence-corrected chi connectivity index (χ0v) is 39.0. The summed E-state index contributed by atoms with van der Waals surface area (Å²) in [4.78, 5) is 47.5. The number of carbonyl (C=O) groups excluding carboxylic acids is 3. The number of amides is 1. The Hall–Kier alpha value is -1.97. The van der Waals surface area contributed by atoms with Crippen molar-refractivity contribution in [2.75, 3.05) is 26.4 Å². The summed E-state index contributed by atoms with van der Waals surface area (Å²) < 4.78 is 33.8. The maximum absolute atomic E-state index is 12.7. The van der Waals surface area contributed by atoms with Gasteiger partial charge in [0, 0.05) is 25.8 Å². The van der Waals surface area contributed by atoms with Crippen LogP contribution in [-0.2, 0) is 42.3 Å². The van der Waals surface area contributed by atoms with Crippen LogP contribution in [0, 0.1) is 0 Å². The van der Waals surface area contributed by atoms with Gasteiger partial charge in [-0.3, -0.25) is 23.7 Å². The number of rotatable bonds is 47. The topological polar surface area (TPSA) is 155 Å². The van der Waals surface area contributed by atoms with E-state index in [-0.39, 0.29) is 58.0 Å². The Morgan fingerprint density at radius 1 is 0.475 bits per heavy atom. The highest BCUT2D eigenvalue weighted by Gasteiger charge is 2.19. The molecule has 0 saturated heterocycles. The highest BCUT2D eigenvalue weighted by atomic mass is 31.1. The average molecular weight is 860 g/mol. The molecule has 12 heteroatoms. The summed E-state index contributed by atoms with van der Waals surface area (Å²) in [6.45, 7) is 3.99. The van der Waals surface area contributed by atoms with Gasteiger partial charge in [-0.15, -0.1) is 0 Å². The van der Waals surface area contributed by atoms with Crippen molar-refractivity contribution in [3.05, 3.63) is 0 Å². The molecule has 0 radical (unpaired) electrons. The summed E-state index contributed by atoms with van der Waals surface area (Å²) in [6, 6.07) is 0. The zero-order valence-electron chi connectivity index (χ0n) is 38.0. The lowest BCUT2D eigenvalue weighted by atomic mass is 10.0. The summed E-state index contributed by atoms with van der Waals surface area (Å²) in [5, 5.41) is 11.2. The van der Waals surface area contributed by atoms with E-state index in [1.54, 1.807) is 0 Å². The van der Waals surface area contributed by atoms with Gasteiger partial charge in [-0.05, 0) is 12.8 Å². The van der Waals surface area contributed by atoms with Crippen LogP contribution in [0.5, 0.6) is 0 Å². The number of esters is 2. The fraction of sp³-hybridized carbons (Fsp3) is 0.915. The smallest absolute Gasteiger partial charge is 0.319 e. The molecule has 0 aliphatic rings. The normalized spacial score (nSPS) is 12.3. The van der Waals surface area contributed by atoms with Crippen molar-refractivity contribution in [3.63, 3.8) is 0 Å². The number of nitrogens with one attached hydrogen (secondary N) is 1. The van der Waals surface area contributed by atoms with Crippen molar-refractivity contribution in [2.45, 2.75) is 251 Å². The lowest BCUT2D eigenvalue weighted by Crippen LogP contribution is -2.29. The van der Waals surface area contributed by atoms with Gasteiger partial charge in [-0.25, -0.2) is 0 Å². The molecule has 0 spiro atoms. The van der Waals surface area contributed by atoms with E-state index < -0.39 is 32.2 Å². The third-order valence-corrected chi connectivity index (χ3v) is 11.6. The Labute approximate surface area is 361 Å². The minimum absolute atomic E-state index is 0.0346. The second kappa shape index (κ2) is 45.6. The van der Waals surface area contributed by atoms with Gasteiger partial charge in [0.1, 0.15) is 6.61 Å². The van der Waals surface area contributed by atoms with Crippen LogP contribution in [0.2, 0.25) is 0 Å². The molecule has 2 atom stereocenters. The van der Waals surface area contributed by atoms with Gasteiger partial charge in [0.2, 0.25) is 5.91 Å². The van der Waals surface area contributed by atoms with Crippen molar-refractivity contribution >= 4 is 32.1 Å². The predicted molar refractivity (Wildman–Crippen MR) is 240 cm³/mol. The standard InChI is InChI=1S/C47H90NO10P/c1-3-5-7-9-11-13-15-17-19-21-23-25-27-29-31-33-35-46(52)55-41-43(42-57-59(54)56-40-39-48-44(49)37-38-45(50)51)58-47(53)36-34-32-30-28-26-24-22-20-18-16-14-12-10-8-6-4-2/h43,59H,3-42H2,1-2H3,(H,48,49)(H,50,51). The maximum Gasteiger partial charge on any atom is 0.319 e. The molecule has 0 aromatic carbocycles. The van der Waals surface area contributed by atoms with Crippen LogP contribution in [0.4, 0.5) is 0 Å². The van der Waals surface area contributed by atoms with E-state index >= 15 is 0 Å². The number of carboxylic acids is 1. The van der Waals surface area contributed by atoms with E-state index in [9.17, 15) is 23.7 Å². The minimum atomic E-state index is -2.99. The van der Waals surface area contributed by atoms with Gasteiger partial charge in [-0.2, -0.15) is 0 Å². The van der Waals surface area contributed by atoms with Gasteiger partial charge in [0.05, 0.1) is 19.6 Å². The molecule has 0 bridgehead atoms. The Bertz CT molecular complexity index is 1010. The Morgan fingerprint density at radius 2 is 0.847 bits per heavy atom. The molecule has 2 unspecified atom stereocenters. The summed E-state index contributed by atoms with van der Waals surface area (Å²) in [6.07, 6.45) is 39.2. The highest BCUT2D eigenvalue weighted by molar-refractivity contribution is 7.33. The molecular formula is C47H90NO10P. The van der Waals surface area contributed by atoms with E-state index in [0.717, 1.165) is 32.1 Å². The second-order valence-electron chi connectivity index (χ2n) is 16.6. The number of carboxylic acid groups (broad SMARTS) is 1. The SMILES string of the molecule is CCCCCCCCCCCCCCCCCCC(=O)OCC(CO[PH](=O)OCCNC(=O)CCC(=O)O)OC(=O)CCCCCCCCCCCCCCCCCC. The van der Waals surface area contributed by atoms with Gasteiger partial charge >= 0.3 is 26.2 Å². The number of carbonyl (C=O) groups is 4. The van der Waals surface area contributed by atoms with Crippen molar-refractivity contribution < 1.29 is 47.4 Å². The number of aliphatic carboxylic acids is 1. The molecule has 2 N–H and O–H groups in total. The summed E-state index contributed by atoms with van der Waals surface area (Å²) in [5.41, 5.74) is 0. The van der Waals surface area contributed by atoms with Crippen LogP contribution in [-0.4, -0.2) is 61.4 Å². The van der Waals surface area contributed by atoms with Crippen molar-refractivity contribution in [1.82, 2.24) is 5.32 Å². The molecule has 0 aromatic rings. The zero-order chi connectivity index (χ0) is 43.3. The second-order valence-corrected chi connectivity index (χ2v) is 17.6. The van der Waals surface area contributed by atoms with E-state index in [1.807, 2.05) is 0 Å². The first-order valence-corrected chi connectivity index (χ1v) is 25.6. The summed E-state index contributed by atoms with van der Waals surface area (Å²) in [7, 11) is -2.99. The first-order valence-electron chi connectivity index (χ1n) is 24.4. The summed E-state index contributed by atoms with van der Waals surface area (Å²) in [5.74, 6) is -2.30.